The smallest absolute Gasteiger partial charge is 0.0316 e. The van der Waals surface area contributed by atoms with Gasteiger partial charge in [0, 0.05) is 12.2 Å². The van der Waals surface area contributed by atoms with Crippen molar-refractivity contribution in [1.82, 2.24) is 5.32 Å². The molecule has 0 saturated heterocycles. The summed E-state index contributed by atoms with van der Waals surface area (Å²) in [6, 6.07) is 0. The van der Waals surface area contributed by atoms with Gasteiger partial charge in [0.15, 0.2) is 0 Å². The average molecular weight is 250 g/mol. The lowest BCUT2D eigenvalue weighted by atomic mass is 10.0. The summed E-state index contributed by atoms with van der Waals surface area (Å²) in [6.07, 6.45) is 8.82. The zero-order chi connectivity index (χ0) is 14.4. The SMILES string of the molecule is C=C/C=C(N)\C=C(/C)C1=CCNCC1.CC.CC. The van der Waals surface area contributed by atoms with E-state index in [0.29, 0.717) is 0 Å². The van der Waals surface area contributed by atoms with Crippen molar-refractivity contribution in [3.05, 3.63) is 47.7 Å². The molecule has 0 atom stereocenters. The van der Waals surface area contributed by atoms with E-state index in [-0.39, 0.29) is 0 Å². The topological polar surface area (TPSA) is 38.0 Å². The Labute approximate surface area is 113 Å². The fourth-order valence-electron chi connectivity index (χ4n) is 1.51. The molecule has 0 aromatic rings. The molecular weight excluding hydrogens is 220 g/mol. The number of nitrogens with one attached hydrogen (secondary N) is 1. The van der Waals surface area contributed by atoms with Crippen molar-refractivity contribution in [3.8, 4) is 0 Å². The Morgan fingerprint density at radius 3 is 2.39 bits per heavy atom. The van der Waals surface area contributed by atoms with Gasteiger partial charge in [0.25, 0.3) is 0 Å². The lowest BCUT2D eigenvalue weighted by molar-refractivity contribution is 0.707. The van der Waals surface area contributed by atoms with Crippen LogP contribution in [0.3, 0.4) is 0 Å². The summed E-state index contributed by atoms with van der Waals surface area (Å²) < 4.78 is 0. The second-order valence-corrected chi connectivity index (χ2v) is 3.41. The third-order valence-corrected chi connectivity index (χ3v) is 2.26. The highest BCUT2D eigenvalue weighted by atomic mass is 14.8. The zero-order valence-electron chi connectivity index (χ0n) is 12.7. The molecule has 18 heavy (non-hydrogen) atoms. The number of hydrogen-bond acceptors (Lipinski definition) is 2. The van der Waals surface area contributed by atoms with Crippen molar-refractivity contribution in [2.75, 3.05) is 13.1 Å². The van der Waals surface area contributed by atoms with Crippen molar-refractivity contribution >= 4 is 0 Å². The third-order valence-electron chi connectivity index (χ3n) is 2.26. The summed E-state index contributed by atoms with van der Waals surface area (Å²) in [5, 5.41) is 3.28. The molecule has 0 aliphatic carbocycles. The summed E-state index contributed by atoms with van der Waals surface area (Å²) >= 11 is 0. The quantitative estimate of drug-likeness (QED) is 0.745. The van der Waals surface area contributed by atoms with Gasteiger partial charge >= 0.3 is 0 Å². The van der Waals surface area contributed by atoms with Crippen molar-refractivity contribution in [2.24, 2.45) is 5.73 Å². The van der Waals surface area contributed by atoms with Gasteiger partial charge in [-0.15, -0.1) is 0 Å². The molecule has 0 aromatic carbocycles. The van der Waals surface area contributed by atoms with Crippen LogP contribution in [0.5, 0.6) is 0 Å². The van der Waals surface area contributed by atoms with Crippen molar-refractivity contribution in [1.29, 1.82) is 0 Å². The highest BCUT2D eigenvalue weighted by Gasteiger charge is 2.03. The van der Waals surface area contributed by atoms with Gasteiger partial charge in [-0.05, 0) is 43.2 Å². The molecule has 0 radical (unpaired) electrons. The standard InChI is InChI=1S/C12H18N2.2C2H6/c1-3-4-12(13)9-10(2)11-5-7-14-8-6-11;2*1-2/h3-5,9,14H,1,6-8,13H2,2H3;2*1-2H3/b10-9+,12-4+;;. The summed E-state index contributed by atoms with van der Waals surface area (Å²) in [6.45, 7) is 15.7. The van der Waals surface area contributed by atoms with E-state index >= 15 is 0 Å². The molecule has 2 nitrogen and oxygen atoms in total. The predicted octanol–water partition coefficient (Wildman–Crippen LogP) is 3.93. The molecule has 0 unspecified atom stereocenters. The Morgan fingerprint density at radius 1 is 1.33 bits per heavy atom. The molecule has 0 saturated carbocycles. The Balaban J connectivity index is 0. The van der Waals surface area contributed by atoms with Gasteiger partial charge in [-0.1, -0.05) is 46.4 Å². The van der Waals surface area contributed by atoms with Crippen LogP contribution in [0.2, 0.25) is 0 Å². The maximum atomic E-state index is 5.76. The Kier molecular flexibility index (Phi) is 14.6. The summed E-state index contributed by atoms with van der Waals surface area (Å²) in [7, 11) is 0. The van der Waals surface area contributed by atoms with Gasteiger partial charge in [0.2, 0.25) is 0 Å². The minimum atomic E-state index is 0.761. The molecule has 1 aliphatic heterocycles. The fraction of sp³-hybridized carbons (Fsp3) is 0.500. The number of nitrogens with two attached hydrogens (primary N) is 1. The lowest BCUT2D eigenvalue weighted by Crippen LogP contribution is -2.20. The maximum absolute atomic E-state index is 5.76. The molecule has 0 bridgehead atoms. The van der Waals surface area contributed by atoms with E-state index in [0.717, 1.165) is 25.2 Å². The van der Waals surface area contributed by atoms with Crippen LogP contribution >= 0.6 is 0 Å². The maximum Gasteiger partial charge on any atom is 0.0316 e. The second kappa shape index (κ2) is 13.8. The second-order valence-electron chi connectivity index (χ2n) is 3.41. The van der Waals surface area contributed by atoms with Gasteiger partial charge in [-0.2, -0.15) is 0 Å². The van der Waals surface area contributed by atoms with E-state index in [2.05, 4.69) is 24.9 Å². The highest BCUT2D eigenvalue weighted by Crippen LogP contribution is 2.15. The van der Waals surface area contributed by atoms with Crippen LogP contribution in [0.4, 0.5) is 0 Å². The molecule has 3 N–H and O–H groups in total. The zero-order valence-corrected chi connectivity index (χ0v) is 12.7. The monoisotopic (exact) mass is 250 g/mol. The average Bonchev–Trinajstić information content (AvgIpc) is 2.44. The molecule has 1 heterocycles. The van der Waals surface area contributed by atoms with Gasteiger partial charge in [-0.25, -0.2) is 0 Å². The van der Waals surface area contributed by atoms with E-state index in [1.54, 1.807) is 6.08 Å². The Bertz CT molecular complexity index is 296. The summed E-state index contributed by atoms with van der Waals surface area (Å²) in [5.41, 5.74) is 9.17. The van der Waals surface area contributed by atoms with Crippen molar-refractivity contribution < 1.29 is 0 Å². The largest absolute Gasteiger partial charge is 0.399 e. The molecule has 1 aliphatic rings. The molecule has 2 heteroatoms. The van der Waals surface area contributed by atoms with Crippen LogP contribution in [0.15, 0.2) is 47.7 Å². The van der Waals surface area contributed by atoms with Crippen LogP contribution in [0, 0.1) is 0 Å². The number of allylic oxidation sites excluding steroid dienone is 4. The molecule has 1 rings (SSSR count). The van der Waals surface area contributed by atoms with Gasteiger partial charge in [0.1, 0.15) is 0 Å². The molecule has 0 spiro atoms. The molecule has 104 valence electrons. The molecular formula is C16H30N2. The molecule has 0 amide bonds. The minimum absolute atomic E-state index is 0.761. The van der Waals surface area contributed by atoms with Gasteiger partial charge in [0.05, 0.1) is 0 Å². The number of hydrogen-bond donors (Lipinski definition) is 2. The highest BCUT2D eigenvalue weighted by molar-refractivity contribution is 5.36. The van der Waals surface area contributed by atoms with E-state index < -0.39 is 0 Å². The van der Waals surface area contributed by atoms with Crippen LogP contribution in [0.1, 0.15) is 41.0 Å². The number of rotatable bonds is 3. The van der Waals surface area contributed by atoms with Gasteiger partial charge in [-0.3, -0.25) is 0 Å². The van der Waals surface area contributed by atoms with Crippen molar-refractivity contribution in [2.45, 2.75) is 41.0 Å². The first kappa shape index (κ1) is 19.1. The van der Waals surface area contributed by atoms with Crippen LogP contribution in [-0.4, -0.2) is 13.1 Å². The predicted molar refractivity (Wildman–Crippen MR) is 84.5 cm³/mol. The van der Waals surface area contributed by atoms with Crippen LogP contribution in [0.25, 0.3) is 0 Å². The normalized spacial score (nSPS) is 15.5. The molecule has 0 fully saturated rings. The first-order valence-corrected chi connectivity index (χ1v) is 6.90. The first-order valence-electron chi connectivity index (χ1n) is 6.90. The molecule has 0 aromatic heterocycles. The summed E-state index contributed by atoms with van der Waals surface area (Å²) in [4.78, 5) is 0. The van der Waals surface area contributed by atoms with Crippen LogP contribution < -0.4 is 11.1 Å². The Hall–Kier alpha value is -1.28. The fourth-order valence-corrected chi connectivity index (χ4v) is 1.51. The van der Waals surface area contributed by atoms with E-state index in [1.165, 1.54) is 11.1 Å². The first-order chi connectivity index (χ1) is 8.74. The van der Waals surface area contributed by atoms with Crippen molar-refractivity contribution in [3.63, 3.8) is 0 Å². The third kappa shape index (κ3) is 8.82. The van der Waals surface area contributed by atoms with Gasteiger partial charge < -0.3 is 11.1 Å². The lowest BCUT2D eigenvalue weighted by Gasteiger charge is -2.14. The summed E-state index contributed by atoms with van der Waals surface area (Å²) in [5.74, 6) is 0. The van der Waals surface area contributed by atoms with E-state index in [1.807, 2.05) is 39.8 Å². The van der Waals surface area contributed by atoms with E-state index in [9.17, 15) is 0 Å². The van der Waals surface area contributed by atoms with E-state index in [4.69, 9.17) is 5.73 Å². The Morgan fingerprint density at radius 2 is 1.94 bits per heavy atom. The van der Waals surface area contributed by atoms with Crippen LogP contribution in [-0.2, 0) is 0 Å². The minimum Gasteiger partial charge on any atom is -0.399 e.